The van der Waals surface area contributed by atoms with Gasteiger partial charge in [0.2, 0.25) is 5.91 Å². The second kappa shape index (κ2) is 8.66. The van der Waals surface area contributed by atoms with Crippen LogP contribution < -0.4 is 21.7 Å². The summed E-state index contributed by atoms with van der Waals surface area (Å²) in [6.45, 7) is 0.561. The lowest BCUT2D eigenvalue weighted by molar-refractivity contribution is -0.123. The van der Waals surface area contributed by atoms with Crippen LogP contribution in [0.25, 0.3) is 0 Å². The first-order valence-corrected chi connectivity index (χ1v) is 5.02. The number of hydrogen-bond acceptors (Lipinski definition) is 4. The fourth-order valence-electron chi connectivity index (χ4n) is 1.13. The highest BCUT2D eigenvalue weighted by molar-refractivity contribution is 5.81. The van der Waals surface area contributed by atoms with Crippen molar-refractivity contribution in [3.63, 3.8) is 0 Å². The Bertz CT molecular complexity index is 245. The number of carbonyl (C=O) groups excluding carboxylic acids is 3. The predicted molar refractivity (Wildman–Crippen MR) is 58.7 cm³/mol. The van der Waals surface area contributed by atoms with E-state index in [0.29, 0.717) is 25.7 Å². The Balaban J connectivity index is 3.70. The highest BCUT2D eigenvalue weighted by atomic mass is 16.2. The minimum Gasteiger partial charge on any atom is -0.352 e. The Labute approximate surface area is 94.1 Å². The summed E-state index contributed by atoms with van der Waals surface area (Å²) in [6, 6.07) is -1.11. The zero-order chi connectivity index (χ0) is 12.4. The number of urea groups is 1. The van der Waals surface area contributed by atoms with Crippen LogP contribution in [0.1, 0.15) is 12.8 Å². The maximum absolute atomic E-state index is 11.1. The number of nitrogens with one attached hydrogen (secondary N) is 3. The maximum Gasteiger partial charge on any atom is 0.312 e. The number of aldehydes is 1. The van der Waals surface area contributed by atoms with E-state index in [4.69, 9.17) is 5.73 Å². The molecule has 3 amide bonds. The Morgan fingerprint density at radius 2 is 2.12 bits per heavy atom. The molecule has 0 fully saturated rings. The van der Waals surface area contributed by atoms with Crippen LogP contribution in [0.15, 0.2) is 0 Å². The van der Waals surface area contributed by atoms with E-state index in [0.717, 1.165) is 0 Å². The molecule has 0 spiro atoms. The number of hydrogen-bond donors (Lipinski definition) is 4. The lowest BCUT2D eigenvalue weighted by atomic mass is 10.2. The Hall–Kier alpha value is -1.63. The van der Waals surface area contributed by atoms with Gasteiger partial charge in [-0.2, -0.15) is 0 Å². The molecular weight excluding hydrogens is 212 g/mol. The van der Waals surface area contributed by atoms with E-state index in [9.17, 15) is 14.4 Å². The van der Waals surface area contributed by atoms with Crippen LogP contribution in [0.3, 0.4) is 0 Å². The van der Waals surface area contributed by atoms with Crippen molar-refractivity contribution in [2.75, 3.05) is 20.1 Å². The predicted octanol–water partition coefficient (Wildman–Crippen LogP) is -1.66. The topological polar surface area (TPSA) is 113 Å². The summed E-state index contributed by atoms with van der Waals surface area (Å²) in [5.74, 6) is -0.234. The lowest BCUT2D eigenvalue weighted by Gasteiger charge is -2.12. The molecule has 0 aliphatic carbocycles. The lowest BCUT2D eigenvalue weighted by Crippen LogP contribution is -2.41. The van der Waals surface area contributed by atoms with Crippen molar-refractivity contribution < 1.29 is 14.4 Å². The van der Waals surface area contributed by atoms with Crippen LogP contribution in [0, 0.1) is 0 Å². The number of carbonyl (C=O) groups is 3. The molecule has 5 N–H and O–H groups in total. The first-order chi connectivity index (χ1) is 7.60. The van der Waals surface area contributed by atoms with Gasteiger partial charge in [0.05, 0.1) is 12.6 Å². The van der Waals surface area contributed by atoms with Crippen molar-refractivity contribution in [3.8, 4) is 0 Å². The molecule has 0 radical (unpaired) electrons. The minimum absolute atomic E-state index is 0.171. The van der Waals surface area contributed by atoms with Crippen molar-refractivity contribution in [3.05, 3.63) is 0 Å². The molecule has 92 valence electrons. The van der Waals surface area contributed by atoms with Gasteiger partial charge in [0.1, 0.15) is 6.29 Å². The summed E-state index contributed by atoms with van der Waals surface area (Å²) < 4.78 is 0. The molecule has 0 bridgehead atoms. The van der Waals surface area contributed by atoms with Crippen molar-refractivity contribution in [2.45, 2.75) is 18.9 Å². The first kappa shape index (κ1) is 14.4. The van der Waals surface area contributed by atoms with Crippen LogP contribution in [0.5, 0.6) is 0 Å². The van der Waals surface area contributed by atoms with Gasteiger partial charge in [-0.3, -0.25) is 4.79 Å². The normalized spacial score (nSPS) is 11.6. The molecular formula is C9H18N4O3. The fraction of sp³-hybridized carbons (Fsp3) is 0.667. The summed E-state index contributed by atoms with van der Waals surface area (Å²) in [4.78, 5) is 32.1. The molecule has 0 aromatic heterocycles. The third-order valence-corrected chi connectivity index (χ3v) is 1.84. The van der Waals surface area contributed by atoms with Gasteiger partial charge in [0.25, 0.3) is 0 Å². The van der Waals surface area contributed by atoms with Crippen LogP contribution in [-0.4, -0.2) is 44.4 Å². The molecule has 0 aromatic rings. The highest BCUT2D eigenvalue weighted by Crippen LogP contribution is 1.93. The highest BCUT2D eigenvalue weighted by Gasteiger charge is 2.09. The van der Waals surface area contributed by atoms with E-state index >= 15 is 0 Å². The van der Waals surface area contributed by atoms with Crippen molar-refractivity contribution in [2.24, 2.45) is 5.73 Å². The van der Waals surface area contributed by atoms with Gasteiger partial charge in [-0.15, -0.1) is 0 Å². The quantitative estimate of drug-likeness (QED) is 0.295. The molecule has 7 heteroatoms. The zero-order valence-electron chi connectivity index (χ0n) is 9.29. The Morgan fingerprint density at radius 3 is 2.62 bits per heavy atom. The van der Waals surface area contributed by atoms with Gasteiger partial charge in [-0.05, 0) is 19.9 Å². The molecule has 1 atom stereocenters. The summed E-state index contributed by atoms with van der Waals surface area (Å²) in [6.07, 6.45) is 1.73. The average Bonchev–Trinajstić information content (AvgIpc) is 2.22. The maximum atomic E-state index is 11.1. The van der Waals surface area contributed by atoms with Gasteiger partial charge in [0.15, 0.2) is 0 Å². The van der Waals surface area contributed by atoms with E-state index in [1.54, 1.807) is 7.05 Å². The SMILES string of the molecule is CNCC(=O)N[C@H](C=O)CCCNC(N)=O. The number of primary amides is 1. The standard InChI is InChI=1S/C9H18N4O3/c1-11-5-8(15)13-7(6-14)3-2-4-12-9(10)16/h6-7,11H,2-5H2,1H3,(H,13,15)(H3,10,12,16)/t7-/m0/s1. The minimum atomic E-state index is -0.595. The molecule has 0 unspecified atom stereocenters. The first-order valence-electron chi connectivity index (χ1n) is 5.02. The second-order valence-electron chi connectivity index (χ2n) is 3.27. The Kier molecular flexibility index (Phi) is 7.78. The smallest absolute Gasteiger partial charge is 0.312 e. The molecule has 0 saturated carbocycles. The average molecular weight is 230 g/mol. The van der Waals surface area contributed by atoms with E-state index in [1.807, 2.05) is 0 Å². The Morgan fingerprint density at radius 1 is 1.44 bits per heavy atom. The van der Waals surface area contributed by atoms with Crippen LogP contribution in [0.4, 0.5) is 4.79 Å². The van der Waals surface area contributed by atoms with Crippen molar-refractivity contribution in [1.29, 1.82) is 0 Å². The van der Waals surface area contributed by atoms with E-state index in [-0.39, 0.29) is 12.5 Å². The molecule has 16 heavy (non-hydrogen) atoms. The number of likely N-dealkylation sites (N-methyl/N-ethyl adjacent to an activating group) is 1. The molecule has 0 aromatic carbocycles. The summed E-state index contributed by atoms with van der Waals surface area (Å²) in [5.41, 5.74) is 4.86. The molecule has 0 heterocycles. The van der Waals surface area contributed by atoms with Gasteiger partial charge < -0.3 is 26.5 Å². The molecule has 7 nitrogen and oxygen atoms in total. The third-order valence-electron chi connectivity index (χ3n) is 1.84. The number of nitrogens with two attached hydrogens (primary N) is 1. The summed E-state index contributed by atoms with van der Waals surface area (Å²) in [5, 5.41) is 7.62. The van der Waals surface area contributed by atoms with Crippen molar-refractivity contribution >= 4 is 18.2 Å². The van der Waals surface area contributed by atoms with Gasteiger partial charge in [-0.1, -0.05) is 0 Å². The van der Waals surface area contributed by atoms with Crippen LogP contribution in [-0.2, 0) is 9.59 Å². The van der Waals surface area contributed by atoms with E-state index in [1.165, 1.54) is 0 Å². The number of amides is 3. The van der Waals surface area contributed by atoms with E-state index in [2.05, 4.69) is 16.0 Å². The van der Waals surface area contributed by atoms with Crippen molar-refractivity contribution in [1.82, 2.24) is 16.0 Å². The largest absolute Gasteiger partial charge is 0.352 e. The summed E-state index contributed by atoms with van der Waals surface area (Å²) in [7, 11) is 1.65. The van der Waals surface area contributed by atoms with Crippen LogP contribution >= 0.6 is 0 Å². The molecule has 0 rings (SSSR count). The van der Waals surface area contributed by atoms with Gasteiger partial charge >= 0.3 is 6.03 Å². The monoisotopic (exact) mass is 230 g/mol. The van der Waals surface area contributed by atoms with Gasteiger partial charge in [0, 0.05) is 6.54 Å². The molecule has 0 aliphatic heterocycles. The summed E-state index contributed by atoms with van der Waals surface area (Å²) >= 11 is 0. The second-order valence-corrected chi connectivity index (χ2v) is 3.27. The third kappa shape index (κ3) is 7.74. The van der Waals surface area contributed by atoms with Crippen LogP contribution in [0.2, 0.25) is 0 Å². The van der Waals surface area contributed by atoms with E-state index < -0.39 is 12.1 Å². The zero-order valence-corrected chi connectivity index (χ0v) is 9.29. The number of rotatable bonds is 8. The molecule has 0 saturated heterocycles. The molecule has 0 aliphatic rings. The van der Waals surface area contributed by atoms with Gasteiger partial charge in [-0.25, -0.2) is 4.79 Å². The fourth-order valence-corrected chi connectivity index (χ4v) is 1.13.